The first-order chi connectivity index (χ1) is 8.40. The lowest BCUT2D eigenvalue weighted by atomic mass is 9.91. The van der Waals surface area contributed by atoms with Gasteiger partial charge in [-0.25, -0.2) is 0 Å². The third-order valence-electron chi connectivity index (χ3n) is 3.22. The largest absolute Gasteiger partial charge is 0.368 e. The zero-order chi connectivity index (χ0) is 13.7. The van der Waals surface area contributed by atoms with Crippen LogP contribution in [0, 0.1) is 11.8 Å². The van der Waals surface area contributed by atoms with Gasteiger partial charge < -0.3 is 16.0 Å². The SMILES string of the molecule is CC(C)CN(CC(N)=O)C(=O)[C@H]1CCN[C@@H](C)C1. The molecule has 0 radical (unpaired) electrons. The number of nitrogens with zero attached hydrogens (tertiary/aromatic N) is 1. The van der Waals surface area contributed by atoms with E-state index in [-0.39, 0.29) is 18.4 Å². The zero-order valence-electron chi connectivity index (χ0n) is 11.6. The number of carbonyl (C=O) groups is 2. The van der Waals surface area contributed by atoms with E-state index in [0.29, 0.717) is 18.5 Å². The molecule has 5 heteroatoms. The Hall–Kier alpha value is -1.10. The van der Waals surface area contributed by atoms with Crippen LogP contribution < -0.4 is 11.1 Å². The van der Waals surface area contributed by atoms with Gasteiger partial charge in [0, 0.05) is 18.5 Å². The van der Waals surface area contributed by atoms with Gasteiger partial charge in [0.05, 0.1) is 6.54 Å². The van der Waals surface area contributed by atoms with Gasteiger partial charge in [-0.1, -0.05) is 13.8 Å². The van der Waals surface area contributed by atoms with Crippen LogP contribution >= 0.6 is 0 Å². The molecule has 0 aromatic heterocycles. The highest BCUT2D eigenvalue weighted by atomic mass is 16.2. The molecule has 1 heterocycles. The van der Waals surface area contributed by atoms with Crippen LogP contribution in [-0.2, 0) is 9.59 Å². The van der Waals surface area contributed by atoms with Crippen molar-refractivity contribution in [2.24, 2.45) is 17.6 Å². The zero-order valence-corrected chi connectivity index (χ0v) is 11.6. The van der Waals surface area contributed by atoms with E-state index >= 15 is 0 Å². The van der Waals surface area contributed by atoms with Crippen LogP contribution in [-0.4, -0.2) is 42.4 Å². The van der Waals surface area contributed by atoms with Gasteiger partial charge in [-0.05, 0) is 32.2 Å². The van der Waals surface area contributed by atoms with E-state index in [2.05, 4.69) is 12.2 Å². The molecule has 3 N–H and O–H groups in total. The van der Waals surface area contributed by atoms with E-state index in [1.165, 1.54) is 0 Å². The smallest absolute Gasteiger partial charge is 0.237 e. The molecule has 1 saturated heterocycles. The molecule has 5 nitrogen and oxygen atoms in total. The van der Waals surface area contributed by atoms with Gasteiger partial charge in [-0.3, -0.25) is 9.59 Å². The third kappa shape index (κ3) is 4.64. The lowest BCUT2D eigenvalue weighted by Gasteiger charge is -2.32. The van der Waals surface area contributed by atoms with Crippen molar-refractivity contribution in [3.63, 3.8) is 0 Å². The standard InChI is InChI=1S/C13H25N3O2/c1-9(2)7-16(8-12(14)17)13(18)11-4-5-15-10(3)6-11/h9-11,15H,4-8H2,1-3H3,(H2,14,17)/t10-,11-/m0/s1. The summed E-state index contributed by atoms with van der Waals surface area (Å²) in [4.78, 5) is 25.1. The van der Waals surface area contributed by atoms with Gasteiger partial charge in [0.1, 0.15) is 0 Å². The van der Waals surface area contributed by atoms with E-state index in [1.54, 1.807) is 4.90 Å². The highest BCUT2D eigenvalue weighted by Gasteiger charge is 2.29. The van der Waals surface area contributed by atoms with Crippen LogP contribution in [0.15, 0.2) is 0 Å². The van der Waals surface area contributed by atoms with Crippen LogP contribution in [0.5, 0.6) is 0 Å². The Kier molecular flexibility index (Phi) is 5.59. The van der Waals surface area contributed by atoms with Gasteiger partial charge >= 0.3 is 0 Å². The average molecular weight is 255 g/mol. The van der Waals surface area contributed by atoms with E-state index < -0.39 is 5.91 Å². The number of hydrogen-bond donors (Lipinski definition) is 2. The van der Waals surface area contributed by atoms with Crippen molar-refractivity contribution in [1.82, 2.24) is 10.2 Å². The Morgan fingerprint density at radius 3 is 2.61 bits per heavy atom. The second-order valence-corrected chi connectivity index (χ2v) is 5.66. The van der Waals surface area contributed by atoms with E-state index in [1.807, 2.05) is 13.8 Å². The van der Waals surface area contributed by atoms with E-state index in [0.717, 1.165) is 19.4 Å². The summed E-state index contributed by atoms with van der Waals surface area (Å²) in [6, 6.07) is 0.363. The first-order valence-corrected chi connectivity index (χ1v) is 6.70. The second-order valence-electron chi connectivity index (χ2n) is 5.66. The number of nitrogens with two attached hydrogens (primary N) is 1. The molecule has 0 unspecified atom stereocenters. The molecule has 104 valence electrons. The van der Waals surface area contributed by atoms with Crippen molar-refractivity contribution in [3.8, 4) is 0 Å². The summed E-state index contributed by atoms with van der Waals surface area (Å²) in [6.07, 6.45) is 1.68. The van der Waals surface area contributed by atoms with Crippen molar-refractivity contribution in [2.45, 2.75) is 39.7 Å². The molecule has 0 saturated carbocycles. The summed E-state index contributed by atoms with van der Waals surface area (Å²) in [5, 5.41) is 3.32. The summed E-state index contributed by atoms with van der Waals surface area (Å²) in [6.45, 7) is 7.65. The molecule has 0 aliphatic carbocycles. The number of piperidine rings is 1. The first kappa shape index (κ1) is 15.0. The van der Waals surface area contributed by atoms with Crippen molar-refractivity contribution in [1.29, 1.82) is 0 Å². The monoisotopic (exact) mass is 255 g/mol. The molecular formula is C13H25N3O2. The van der Waals surface area contributed by atoms with E-state index in [4.69, 9.17) is 5.73 Å². The minimum atomic E-state index is -0.439. The molecule has 1 rings (SSSR count). The molecule has 1 fully saturated rings. The predicted octanol–water partition coefficient (Wildman–Crippen LogP) is 0.344. The van der Waals surface area contributed by atoms with Crippen molar-refractivity contribution in [3.05, 3.63) is 0 Å². The van der Waals surface area contributed by atoms with Crippen LogP contribution in [0.4, 0.5) is 0 Å². The first-order valence-electron chi connectivity index (χ1n) is 6.70. The minimum absolute atomic E-state index is 0.0272. The van der Waals surface area contributed by atoms with Gasteiger partial charge in [-0.2, -0.15) is 0 Å². The maximum atomic E-state index is 12.4. The predicted molar refractivity (Wildman–Crippen MR) is 70.8 cm³/mol. The molecule has 1 aliphatic rings. The molecule has 2 atom stereocenters. The molecule has 0 aromatic carbocycles. The number of primary amides is 1. The Labute approximate surface area is 109 Å². The van der Waals surface area contributed by atoms with Crippen molar-refractivity contribution < 1.29 is 9.59 Å². The highest BCUT2D eigenvalue weighted by molar-refractivity contribution is 5.85. The average Bonchev–Trinajstić information content (AvgIpc) is 2.26. The number of amides is 2. The molecular weight excluding hydrogens is 230 g/mol. The Morgan fingerprint density at radius 1 is 1.44 bits per heavy atom. The molecule has 0 spiro atoms. The summed E-state index contributed by atoms with van der Waals surface area (Å²) in [7, 11) is 0. The molecule has 0 bridgehead atoms. The molecule has 0 aromatic rings. The van der Waals surface area contributed by atoms with Crippen LogP contribution in [0.25, 0.3) is 0 Å². The molecule has 18 heavy (non-hydrogen) atoms. The summed E-state index contributed by atoms with van der Waals surface area (Å²) >= 11 is 0. The van der Waals surface area contributed by atoms with Crippen molar-refractivity contribution in [2.75, 3.05) is 19.6 Å². The van der Waals surface area contributed by atoms with Crippen LogP contribution in [0.2, 0.25) is 0 Å². The van der Waals surface area contributed by atoms with Gasteiger partial charge in [-0.15, -0.1) is 0 Å². The molecule has 1 aliphatic heterocycles. The highest BCUT2D eigenvalue weighted by Crippen LogP contribution is 2.19. The summed E-state index contributed by atoms with van der Waals surface area (Å²) < 4.78 is 0. The van der Waals surface area contributed by atoms with Gasteiger partial charge in [0.2, 0.25) is 11.8 Å². The fourth-order valence-electron chi connectivity index (χ4n) is 2.48. The lowest BCUT2D eigenvalue weighted by molar-refractivity contribution is -0.140. The van der Waals surface area contributed by atoms with Crippen molar-refractivity contribution >= 4 is 11.8 Å². The summed E-state index contributed by atoms with van der Waals surface area (Å²) in [5.41, 5.74) is 5.22. The fraction of sp³-hybridized carbons (Fsp3) is 0.846. The van der Waals surface area contributed by atoms with Gasteiger partial charge in [0.25, 0.3) is 0 Å². The lowest BCUT2D eigenvalue weighted by Crippen LogP contribution is -2.47. The van der Waals surface area contributed by atoms with Crippen LogP contribution in [0.3, 0.4) is 0 Å². The van der Waals surface area contributed by atoms with Crippen LogP contribution in [0.1, 0.15) is 33.6 Å². The maximum absolute atomic E-state index is 12.4. The third-order valence-corrected chi connectivity index (χ3v) is 3.22. The normalized spacial score (nSPS) is 24.0. The number of nitrogens with one attached hydrogen (secondary N) is 1. The maximum Gasteiger partial charge on any atom is 0.237 e. The number of carbonyl (C=O) groups excluding carboxylic acids is 2. The molecule has 2 amide bonds. The minimum Gasteiger partial charge on any atom is -0.368 e. The summed E-state index contributed by atoms with van der Waals surface area (Å²) in [5.74, 6) is 0.00798. The van der Waals surface area contributed by atoms with Gasteiger partial charge in [0.15, 0.2) is 0 Å². The fourth-order valence-corrected chi connectivity index (χ4v) is 2.48. The Morgan fingerprint density at radius 2 is 2.11 bits per heavy atom. The quantitative estimate of drug-likeness (QED) is 0.744. The van der Waals surface area contributed by atoms with E-state index in [9.17, 15) is 9.59 Å². The second kappa shape index (κ2) is 6.73. The number of hydrogen-bond acceptors (Lipinski definition) is 3. The number of rotatable bonds is 5. The topological polar surface area (TPSA) is 75.4 Å². The Bertz CT molecular complexity index is 305. The Balaban J connectivity index is 2.64.